The summed E-state index contributed by atoms with van der Waals surface area (Å²) in [5, 5.41) is 22.1. The van der Waals surface area contributed by atoms with Crippen LogP contribution in [0.4, 0.5) is 8.78 Å². The Morgan fingerprint density at radius 2 is 1.79 bits per heavy atom. The van der Waals surface area contributed by atoms with Crippen molar-refractivity contribution >= 4 is 34.7 Å². The minimum absolute atomic E-state index is 0.111. The molecular weight excluding hydrogens is 599 g/mol. The summed E-state index contributed by atoms with van der Waals surface area (Å²) in [5.74, 6) is 0.0882. The molecule has 2 heterocycles. The summed E-state index contributed by atoms with van der Waals surface area (Å²) in [6, 6.07) is 14.8. The van der Waals surface area contributed by atoms with Gasteiger partial charge in [0.05, 0.1) is 24.5 Å². The number of carbonyl (C=O) groups excluding carboxylic acids is 1. The number of amides is 1. The molecule has 228 valence electrons. The van der Waals surface area contributed by atoms with Crippen molar-refractivity contribution in [2.24, 2.45) is 0 Å². The van der Waals surface area contributed by atoms with Crippen molar-refractivity contribution in [3.05, 3.63) is 112 Å². The van der Waals surface area contributed by atoms with Gasteiger partial charge in [0.15, 0.2) is 5.82 Å². The van der Waals surface area contributed by atoms with E-state index in [2.05, 4.69) is 43.8 Å². The Morgan fingerprint density at radius 1 is 1.14 bits per heavy atom. The molecule has 0 aliphatic heterocycles. The fourth-order valence-electron chi connectivity index (χ4n) is 3.43. The molecule has 2 aromatic carbocycles. The standard InChI is InChI=1S/C23H21Cl2N7O.C5H6F2O.C2H6/c1-3-14(2)20-11-21(17-8-18(24)10-19(25)9-17)32(29-20)13-15-4-6-16(7-5-15)23(33)26-12-22-27-30-31-28-22;1-3-4(2)8-5(6)7;1-2/h3-11H,12-13H2,1-2H3,(H,26,33)(H,27,28,30,31);3,5H,1-2H2;1-2H3/b14-3+;;. The second-order valence-electron chi connectivity index (χ2n) is 8.46. The number of aromatic nitrogens is 6. The molecule has 0 aliphatic rings. The number of carbonyl (C=O) groups is 1. The lowest BCUT2D eigenvalue weighted by atomic mass is 10.1. The van der Waals surface area contributed by atoms with Crippen LogP contribution in [0.25, 0.3) is 16.8 Å². The van der Waals surface area contributed by atoms with E-state index in [1.54, 1.807) is 18.2 Å². The van der Waals surface area contributed by atoms with Crippen LogP contribution in [0.2, 0.25) is 10.0 Å². The van der Waals surface area contributed by atoms with Gasteiger partial charge in [-0.1, -0.05) is 73.6 Å². The lowest BCUT2D eigenvalue weighted by molar-refractivity contribution is -0.0915. The summed E-state index contributed by atoms with van der Waals surface area (Å²) in [6.45, 7) is 12.2. The van der Waals surface area contributed by atoms with E-state index < -0.39 is 6.61 Å². The van der Waals surface area contributed by atoms with E-state index >= 15 is 0 Å². The number of rotatable bonds is 10. The molecule has 4 aromatic rings. The van der Waals surface area contributed by atoms with E-state index in [0.717, 1.165) is 34.2 Å². The van der Waals surface area contributed by atoms with Gasteiger partial charge in [-0.15, -0.1) is 10.2 Å². The summed E-state index contributed by atoms with van der Waals surface area (Å²) < 4.78 is 27.9. The fraction of sp³-hybridized carbons (Fsp3) is 0.233. The Kier molecular flexibility index (Phi) is 14.2. The Bertz CT molecular complexity index is 1500. The van der Waals surface area contributed by atoms with Crippen molar-refractivity contribution in [3.63, 3.8) is 0 Å². The van der Waals surface area contributed by atoms with Crippen LogP contribution in [0.3, 0.4) is 0 Å². The van der Waals surface area contributed by atoms with Crippen molar-refractivity contribution in [3.8, 4) is 11.3 Å². The van der Waals surface area contributed by atoms with Gasteiger partial charge < -0.3 is 10.1 Å². The molecule has 9 nitrogen and oxygen atoms in total. The van der Waals surface area contributed by atoms with Crippen molar-refractivity contribution < 1.29 is 18.3 Å². The lowest BCUT2D eigenvalue weighted by Crippen LogP contribution is -2.23. The highest BCUT2D eigenvalue weighted by molar-refractivity contribution is 6.35. The number of hydrogen-bond acceptors (Lipinski definition) is 6. The zero-order chi connectivity index (χ0) is 31.9. The predicted octanol–water partition coefficient (Wildman–Crippen LogP) is 7.72. The maximum atomic E-state index is 12.4. The van der Waals surface area contributed by atoms with Crippen LogP contribution < -0.4 is 5.32 Å². The van der Waals surface area contributed by atoms with Gasteiger partial charge in [-0.25, -0.2) is 0 Å². The highest BCUT2D eigenvalue weighted by Crippen LogP contribution is 2.30. The Labute approximate surface area is 259 Å². The largest absolute Gasteiger partial charge is 0.436 e. The van der Waals surface area contributed by atoms with Crippen LogP contribution in [-0.4, -0.2) is 42.9 Å². The summed E-state index contributed by atoms with van der Waals surface area (Å²) in [7, 11) is 0. The molecule has 1 amide bonds. The van der Waals surface area contributed by atoms with Gasteiger partial charge in [-0.3, -0.25) is 9.48 Å². The van der Waals surface area contributed by atoms with Gasteiger partial charge in [0.2, 0.25) is 0 Å². The van der Waals surface area contributed by atoms with Crippen molar-refractivity contribution in [2.75, 3.05) is 0 Å². The highest BCUT2D eigenvalue weighted by atomic mass is 35.5. The number of halogens is 4. The van der Waals surface area contributed by atoms with E-state index in [4.69, 9.17) is 28.3 Å². The molecule has 43 heavy (non-hydrogen) atoms. The number of allylic oxidation sites excluding steroid dienone is 3. The molecule has 13 heteroatoms. The van der Waals surface area contributed by atoms with Crippen LogP contribution in [0, 0.1) is 0 Å². The van der Waals surface area contributed by atoms with Crippen LogP contribution in [-0.2, 0) is 17.8 Å². The van der Waals surface area contributed by atoms with Gasteiger partial charge in [0, 0.05) is 21.2 Å². The quantitative estimate of drug-likeness (QED) is 0.137. The number of hydrogen-bond donors (Lipinski definition) is 2. The van der Waals surface area contributed by atoms with E-state index in [0.29, 0.717) is 28.0 Å². The number of ether oxygens (including phenoxy) is 1. The van der Waals surface area contributed by atoms with Crippen molar-refractivity contribution in [2.45, 2.75) is 47.4 Å². The topological polar surface area (TPSA) is 111 Å². The molecule has 0 radical (unpaired) electrons. The first kappa shape index (κ1) is 34.8. The summed E-state index contributed by atoms with van der Waals surface area (Å²) in [6.07, 6.45) is 3.13. The number of nitrogens with zero attached hydrogens (tertiary/aromatic N) is 5. The van der Waals surface area contributed by atoms with Crippen LogP contribution >= 0.6 is 23.2 Å². The molecular formula is C30H33Cl2F2N7O2. The molecule has 0 spiro atoms. The highest BCUT2D eigenvalue weighted by Gasteiger charge is 2.14. The first-order valence-electron chi connectivity index (χ1n) is 13.1. The van der Waals surface area contributed by atoms with Gasteiger partial charge in [0.1, 0.15) is 5.76 Å². The second kappa shape index (κ2) is 17.6. The summed E-state index contributed by atoms with van der Waals surface area (Å²) in [4.78, 5) is 12.4. The number of alkyl halides is 2. The molecule has 0 fully saturated rings. The first-order chi connectivity index (χ1) is 20.6. The molecule has 0 aliphatic carbocycles. The van der Waals surface area contributed by atoms with Crippen molar-refractivity contribution in [1.29, 1.82) is 0 Å². The van der Waals surface area contributed by atoms with Crippen LogP contribution in [0.15, 0.2) is 79.6 Å². The first-order valence-corrected chi connectivity index (χ1v) is 13.9. The Hall–Kier alpha value is -4.35. The number of aromatic amines is 1. The molecule has 2 N–H and O–H groups in total. The number of H-pyrrole nitrogens is 1. The maximum Gasteiger partial charge on any atom is 0.387 e. The SMILES string of the molecule is C/C=C(\C)c1cc(-c2cc(Cl)cc(Cl)c2)n(Cc2ccc(C(=O)NCc3nn[nH]n3)cc2)n1.C=CC(=C)OC(F)F.CC. The number of benzene rings is 2. The Morgan fingerprint density at radius 3 is 2.30 bits per heavy atom. The van der Waals surface area contributed by atoms with E-state index in [-0.39, 0.29) is 18.2 Å². The fourth-order valence-corrected chi connectivity index (χ4v) is 3.95. The average molecular weight is 633 g/mol. The smallest absolute Gasteiger partial charge is 0.387 e. The summed E-state index contributed by atoms with van der Waals surface area (Å²) >= 11 is 12.5. The third-order valence-electron chi connectivity index (χ3n) is 5.59. The van der Waals surface area contributed by atoms with Gasteiger partial charge in [-0.05, 0) is 67.5 Å². The average Bonchev–Trinajstić information content (AvgIpc) is 3.67. The molecule has 0 unspecified atom stereocenters. The van der Waals surface area contributed by atoms with Crippen molar-refractivity contribution in [1.82, 2.24) is 35.7 Å². The van der Waals surface area contributed by atoms with Gasteiger partial charge in [-0.2, -0.15) is 19.1 Å². The maximum absolute atomic E-state index is 12.4. The third kappa shape index (κ3) is 11.1. The molecule has 2 aromatic heterocycles. The van der Waals surface area contributed by atoms with E-state index in [1.807, 2.05) is 68.8 Å². The molecule has 0 atom stereocenters. The van der Waals surface area contributed by atoms with Crippen LogP contribution in [0.5, 0.6) is 0 Å². The molecule has 0 bridgehead atoms. The number of tetrazole rings is 1. The third-order valence-corrected chi connectivity index (χ3v) is 6.02. The normalized spacial score (nSPS) is 10.7. The molecule has 0 saturated carbocycles. The van der Waals surface area contributed by atoms with Gasteiger partial charge >= 0.3 is 6.61 Å². The predicted molar refractivity (Wildman–Crippen MR) is 166 cm³/mol. The van der Waals surface area contributed by atoms with Crippen LogP contribution in [0.1, 0.15) is 55.1 Å². The van der Waals surface area contributed by atoms with E-state index in [1.165, 1.54) is 0 Å². The van der Waals surface area contributed by atoms with E-state index in [9.17, 15) is 13.6 Å². The minimum Gasteiger partial charge on any atom is -0.436 e. The monoisotopic (exact) mass is 631 g/mol. The van der Waals surface area contributed by atoms with Gasteiger partial charge in [0.25, 0.3) is 5.91 Å². The summed E-state index contributed by atoms with van der Waals surface area (Å²) in [5.41, 5.74) is 5.25. The molecule has 0 saturated heterocycles. The molecule has 4 rings (SSSR count). The zero-order valence-corrected chi connectivity index (χ0v) is 25.8. The second-order valence-corrected chi connectivity index (χ2v) is 9.33. The number of nitrogens with one attached hydrogen (secondary N) is 2. The zero-order valence-electron chi connectivity index (χ0n) is 24.2. The lowest BCUT2D eigenvalue weighted by Gasteiger charge is -2.10. The minimum atomic E-state index is -2.79. The Balaban J connectivity index is 0.000000561.